The number of carboxylic acid groups (broad SMARTS) is 1. The van der Waals surface area contributed by atoms with Gasteiger partial charge in [0.25, 0.3) is 10.2 Å². The van der Waals surface area contributed by atoms with Crippen molar-refractivity contribution in [2.24, 2.45) is 0 Å². The molecule has 1 rings (SSSR count). The molecule has 3 N–H and O–H groups in total. The third-order valence-corrected chi connectivity index (χ3v) is 2.81. The van der Waals surface area contributed by atoms with Crippen molar-refractivity contribution in [1.82, 2.24) is 14.5 Å². The Bertz CT molecular complexity index is 481. The van der Waals surface area contributed by atoms with E-state index in [4.69, 9.17) is 5.11 Å². The second-order valence-corrected chi connectivity index (χ2v) is 4.82. The predicted octanol–water partition coefficient (Wildman–Crippen LogP) is -0.376. The standard InChI is InChI=1S/C8H14N4O4S/c1-2-3-10-17(15,16)11-7-4-9-12(5-7)6-8(13)14/h4-5,10-11H,2-3,6H2,1H3,(H,13,14). The van der Waals surface area contributed by atoms with Gasteiger partial charge in [0.05, 0.1) is 11.9 Å². The molecule has 0 bridgehead atoms. The Morgan fingerprint density at radius 2 is 2.29 bits per heavy atom. The maximum Gasteiger partial charge on any atom is 0.325 e. The molecule has 0 fully saturated rings. The topological polar surface area (TPSA) is 113 Å². The summed E-state index contributed by atoms with van der Waals surface area (Å²) in [5.41, 5.74) is 0.217. The highest BCUT2D eigenvalue weighted by Crippen LogP contribution is 2.06. The van der Waals surface area contributed by atoms with Gasteiger partial charge in [0.1, 0.15) is 6.54 Å². The third-order valence-electron chi connectivity index (χ3n) is 1.72. The molecule has 0 saturated carbocycles. The molecule has 0 aliphatic heterocycles. The second-order valence-electron chi connectivity index (χ2n) is 3.32. The summed E-state index contributed by atoms with van der Waals surface area (Å²) in [4.78, 5) is 10.4. The fourth-order valence-corrected chi connectivity index (χ4v) is 2.03. The van der Waals surface area contributed by atoms with Crippen molar-refractivity contribution in [3.05, 3.63) is 12.4 Å². The van der Waals surface area contributed by atoms with Crippen LogP contribution in [0.1, 0.15) is 13.3 Å². The molecule has 0 aliphatic rings. The monoisotopic (exact) mass is 262 g/mol. The quantitative estimate of drug-likeness (QED) is 0.620. The van der Waals surface area contributed by atoms with Crippen molar-refractivity contribution in [2.75, 3.05) is 11.3 Å². The fraction of sp³-hybridized carbons (Fsp3) is 0.500. The summed E-state index contributed by atoms with van der Waals surface area (Å²) >= 11 is 0. The van der Waals surface area contributed by atoms with Gasteiger partial charge >= 0.3 is 5.97 Å². The number of nitrogens with zero attached hydrogens (tertiary/aromatic N) is 2. The van der Waals surface area contributed by atoms with E-state index < -0.39 is 16.2 Å². The number of carboxylic acids is 1. The maximum absolute atomic E-state index is 11.4. The fourth-order valence-electron chi connectivity index (χ4n) is 1.07. The number of rotatable bonds is 7. The Morgan fingerprint density at radius 3 is 2.88 bits per heavy atom. The number of nitrogens with one attached hydrogen (secondary N) is 2. The van der Waals surface area contributed by atoms with Crippen LogP contribution in [0.15, 0.2) is 12.4 Å². The largest absolute Gasteiger partial charge is 0.480 e. The Kier molecular flexibility index (Phi) is 4.46. The van der Waals surface area contributed by atoms with Gasteiger partial charge in [-0.05, 0) is 6.42 Å². The average Bonchev–Trinajstić information content (AvgIpc) is 2.60. The van der Waals surface area contributed by atoms with Crippen LogP contribution >= 0.6 is 0 Å². The van der Waals surface area contributed by atoms with Crippen LogP contribution in [-0.2, 0) is 21.5 Å². The Balaban J connectivity index is 2.62. The van der Waals surface area contributed by atoms with Crippen molar-refractivity contribution in [1.29, 1.82) is 0 Å². The highest BCUT2D eigenvalue weighted by atomic mass is 32.2. The van der Waals surface area contributed by atoms with Gasteiger partial charge in [0, 0.05) is 12.7 Å². The van der Waals surface area contributed by atoms with Gasteiger partial charge in [-0.15, -0.1) is 0 Å². The van der Waals surface area contributed by atoms with E-state index in [2.05, 4.69) is 14.5 Å². The van der Waals surface area contributed by atoms with Crippen LogP contribution < -0.4 is 9.44 Å². The summed E-state index contributed by atoms with van der Waals surface area (Å²) in [6.07, 6.45) is 3.23. The van der Waals surface area contributed by atoms with E-state index in [1.807, 2.05) is 6.92 Å². The number of carbonyl (C=O) groups is 1. The first-order valence-electron chi connectivity index (χ1n) is 4.94. The molecule has 0 aromatic carbocycles. The molecule has 1 aromatic rings. The van der Waals surface area contributed by atoms with Crippen molar-refractivity contribution in [3.63, 3.8) is 0 Å². The van der Waals surface area contributed by atoms with Crippen LogP contribution in [0.25, 0.3) is 0 Å². The minimum absolute atomic E-state index is 0.217. The number of hydrogen-bond acceptors (Lipinski definition) is 4. The smallest absolute Gasteiger partial charge is 0.325 e. The molecule has 0 radical (unpaired) electrons. The molecule has 0 saturated heterocycles. The van der Waals surface area contributed by atoms with Crippen LogP contribution in [0.5, 0.6) is 0 Å². The second kappa shape index (κ2) is 5.64. The van der Waals surface area contributed by atoms with E-state index in [0.717, 1.165) is 4.68 Å². The zero-order valence-corrected chi connectivity index (χ0v) is 10.1. The molecule has 0 spiro atoms. The Hall–Kier alpha value is -1.61. The van der Waals surface area contributed by atoms with Crippen LogP contribution in [0.4, 0.5) is 5.69 Å². The first-order valence-corrected chi connectivity index (χ1v) is 6.43. The van der Waals surface area contributed by atoms with E-state index in [0.29, 0.717) is 13.0 Å². The first kappa shape index (κ1) is 13.5. The highest BCUT2D eigenvalue weighted by Gasteiger charge is 2.10. The van der Waals surface area contributed by atoms with E-state index in [1.165, 1.54) is 12.4 Å². The molecular formula is C8H14N4O4S. The molecule has 0 aliphatic carbocycles. The summed E-state index contributed by atoms with van der Waals surface area (Å²) in [7, 11) is -3.61. The molecule has 8 nitrogen and oxygen atoms in total. The van der Waals surface area contributed by atoms with Gasteiger partial charge in [-0.1, -0.05) is 6.92 Å². The molecule has 96 valence electrons. The molecule has 0 amide bonds. The summed E-state index contributed by atoms with van der Waals surface area (Å²) in [5, 5.41) is 12.2. The van der Waals surface area contributed by atoms with Gasteiger partial charge in [0.2, 0.25) is 0 Å². The van der Waals surface area contributed by atoms with Gasteiger partial charge < -0.3 is 5.11 Å². The summed E-state index contributed by atoms with van der Waals surface area (Å²) in [6, 6.07) is 0. The lowest BCUT2D eigenvalue weighted by Gasteiger charge is -2.05. The average molecular weight is 262 g/mol. The Labute approximate surface area is 98.8 Å². The van der Waals surface area contributed by atoms with Gasteiger partial charge in [0.15, 0.2) is 0 Å². The molecular weight excluding hydrogens is 248 g/mol. The lowest BCUT2D eigenvalue weighted by Crippen LogP contribution is -2.30. The van der Waals surface area contributed by atoms with E-state index in [-0.39, 0.29) is 12.2 Å². The summed E-state index contributed by atoms with van der Waals surface area (Å²) in [6.45, 7) is 1.86. The first-order chi connectivity index (χ1) is 7.93. The molecule has 17 heavy (non-hydrogen) atoms. The highest BCUT2D eigenvalue weighted by molar-refractivity contribution is 7.90. The minimum atomic E-state index is -3.61. The van der Waals surface area contributed by atoms with Gasteiger partial charge in [-0.25, -0.2) is 0 Å². The molecule has 9 heteroatoms. The van der Waals surface area contributed by atoms with Crippen molar-refractivity contribution in [2.45, 2.75) is 19.9 Å². The predicted molar refractivity (Wildman–Crippen MR) is 60.7 cm³/mol. The lowest BCUT2D eigenvalue weighted by molar-refractivity contribution is -0.137. The van der Waals surface area contributed by atoms with Crippen LogP contribution in [0.2, 0.25) is 0 Å². The zero-order valence-electron chi connectivity index (χ0n) is 9.25. The molecule has 0 unspecified atom stereocenters. The van der Waals surface area contributed by atoms with Crippen LogP contribution in [0, 0.1) is 0 Å². The summed E-state index contributed by atoms with van der Waals surface area (Å²) in [5.74, 6) is -1.05. The number of anilines is 1. The lowest BCUT2D eigenvalue weighted by atomic mass is 10.5. The number of aromatic nitrogens is 2. The number of aliphatic carboxylic acids is 1. The van der Waals surface area contributed by atoms with Crippen molar-refractivity contribution >= 4 is 21.9 Å². The van der Waals surface area contributed by atoms with E-state index in [1.54, 1.807) is 0 Å². The maximum atomic E-state index is 11.4. The zero-order chi connectivity index (χ0) is 12.9. The Morgan fingerprint density at radius 1 is 1.59 bits per heavy atom. The number of hydrogen-bond donors (Lipinski definition) is 3. The SMILES string of the molecule is CCCNS(=O)(=O)Nc1cnn(CC(=O)O)c1. The van der Waals surface area contributed by atoms with E-state index >= 15 is 0 Å². The molecule has 1 heterocycles. The molecule has 1 aromatic heterocycles. The van der Waals surface area contributed by atoms with Crippen molar-refractivity contribution in [3.8, 4) is 0 Å². The minimum Gasteiger partial charge on any atom is -0.480 e. The third kappa shape index (κ3) is 4.83. The van der Waals surface area contributed by atoms with Crippen molar-refractivity contribution < 1.29 is 18.3 Å². The van der Waals surface area contributed by atoms with Gasteiger partial charge in [-0.3, -0.25) is 14.2 Å². The van der Waals surface area contributed by atoms with E-state index in [9.17, 15) is 13.2 Å². The van der Waals surface area contributed by atoms with Gasteiger partial charge in [-0.2, -0.15) is 18.2 Å². The summed E-state index contributed by atoms with van der Waals surface area (Å²) < 4.78 is 28.5. The van der Waals surface area contributed by atoms with Crippen LogP contribution in [-0.4, -0.2) is 35.8 Å². The molecule has 0 atom stereocenters. The normalized spacial score (nSPS) is 11.4. The van der Waals surface area contributed by atoms with Crippen LogP contribution in [0.3, 0.4) is 0 Å².